The average Bonchev–Trinajstić information content (AvgIpc) is 2.43. The van der Waals surface area contributed by atoms with Crippen LogP contribution in [0.4, 0.5) is 5.69 Å². The molecule has 0 radical (unpaired) electrons. The minimum absolute atomic E-state index is 0.0505. The van der Waals surface area contributed by atoms with E-state index in [1.54, 1.807) is 30.3 Å². The molecule has 1 N–H and O–H groups in total. The van der Waals surface area contributed by atoms with Crippen LogP contribution < -0.4 is 5.32 Å². The molecule has 0 atom stereocenters. The van der Waals surface area contributed by atoms with Crippen molar-refractivity contribution in [2.75, 3.05) is 5.32 Å². The second-order valence-corrected chi connectivity index (χ2v) is 6.08. The van der Waals surface area contributed by atoms with Gasteiger partial charge in [0, 0.05) is 32.5 Å². The Morgan fingerprint density at radius 3 is 2.48 bits per heavy atom. The molecule has 2 aromatic carbocycles. The van der Waals surface area contributed by atoms with E-state index in [2.05, 4.69) is 21.2 Å². The summed E-state index contributed by atoms with van der Waals surface area (Å²) in [5.74, 6) is -0.0505. The number of halogens is 2. The highest BCUT2D eigenvalue weighted by atomic mass is 79.9. The number of benzene rings is 2. The molecule has 0 bridgehead atoms. The summed E-state index contributed by atoms with van der Waals surface area (Å²) in [6.07, 6.45) is 1.58. The molecule has 2 rings (SSSR count). The standard InChI is InChI=1S/C17H15BrClNO/c1-11-9-15(7-8-16(11)18)20-12(2)10-17(21)13-3-5-14(19)6-4-13/h3-10,20H,1-2H3/b12-10+. The Morgan fingerprint density at radius 1 is 1.19 bits per heavy atom. The van der Waals surface area contributed by atoms with E-state index in [0.29, 0.717) is 10.6 Å². The van der Waals surface area contributed by atoms with Gasteiger partial charge in [0.15, 0.2) is 5.78 Å². The number of aryl methyl sites for hydroxylation is 1. The first-order valence-corrected chi connectivity index (χ1v) is 7.64. The molecule has 0 spiro atoms. The highest BCUT2D eigenvalue weighted by Gasteiger charge is 2.04. The zero-order chi connectivity index (χ0) is 15.4. The quantitative estimate of drug-likeness (QED) is 0.564. The van der Waals surface area contributed by atoms with Crippen LogP contribution in [0, 0.1) is 6.92 Å². The molecule has 0 saturated carbocycles. The third-order valence-electron chi connectivity index (χ3n) is 2.98. The van der Waals surface area contributed by atoms with Crippen molar-refractivity contribution in [3.8, 4) is 0 Å². The van der Waals surface area contributed by atoms with E-state index in [1.807, 2.05) is 32.0 Å². The predicted molar refractivity (Wildman–Crippen MR) is 92.0 cm³/mol. The third-order valence-corrected chi connectivity index (χ3v) is 4.12. The molecule has 0 heterocycles. The van der Waals surface area contributed by atoms with Crippen LogP contribution >= 0.6 is 27.5 Å². The van der Waals surface area contributed by atoms with Crippen LogP contribution in [0.25, 0.3) is 0 Å². The number of rotatable bonds is 4. The number of carbonyl (C=O) groups is 1. The first kappa shape index (κ1) is 15.8. The molecule has 0 aromatic heterocycles. The Labute approximate surface area is 138 Å². The van der Waals surface area contributed by atoms with E-state index in [0.717, 1.165) is 21.4 Å². The summed E-state index contributed by atoms with van der Waals surface area (Å²) in [6.45, 7) is 3.89. The van der Waals surface area contributed by atoms with E-state index in [9.17, 15) is 4.79 Å². The molecule has 2 nitrogen and oxygen atoms in total. The van der Waals surface area contributed by atoms with Gasteiger partial charge in [-0.05, 0) is 61.9 Å². The summed E-state index contributed by atoms with van der Waals surface area (Å²) in [6, 6.07) is 12.8. The van der Waals surface area contributed by atoms with E-state index in [-0.39, 0.29) is 5.78 Å². The molecule has 0 amide bonds. The van der Waals surface area contributed by atoms with Gasteiger partial charge in [0.1, 0.15) is 0 Å². The average molecular weight is 365 g/mol. The van der Waals surface area contributed by atoms with Crippen LogP contribution in [0.15, 0.2) is 58.7 Å². The molecule has 0 aliphatic rings. The molecular weight excluding hydrogens is 350 g/mol. The topological polar surface area (TPSA) is 29.1 Å². The van der Waals surface area contributed by atoms with Crippen molar-refractivity contribution in [3.05, 3.63) is 74.9 Å². The number of allylic oxidation sites excluding steroid dienone is 2. The van der Waals surface area contributed by atoms with Gasteiger partial charge in [-0.25, -0.2) is 0 Å². The highest BCUT2D eigenvalue weighted by Crippen LogP contribution is 2.21. The first-order valence-electron chi connectivity index (χ1n) is 6.47. The molecule has 0 aliphatic heterocycles. The first-order chi connectivity index (χ1) is 9.95. The van der Waals surface area contributed by atoms with Gasteiger partial charge in [0.25, 0.3) is 0 Å². The van der Waals surface area contributed by atoms with E-state index in [4.69, 9.17) is 11.6 Å². The van der Waals surface area contributed by atoms with Crippen molar-refractivity contribution in [2.45, 2.75) is 13.8 Å². The second-order valence-electron chi connectivity index (χ2n) is 4.79. The monoisotopic (exact) mass is 363 g/mol. The van der Waals surface area contributed by atoms with Crippen LogP contribution in [0.5, 0.6) is 0 Å². The fourth-order valence-corrected chi connectivity index (χ4v) is 2.25. The summed E-state index contributed by atoms with van der Waals surface area (Å²) in [7, 11) is 0. The zero-order valence-corrected chi connectivity index (χ0v) is 14.1. The van der Waals surface area contributed by atoms with E-state index < -0.39 is 0 Å². The lowest BCUT2D eigenvalue weighted by Gasteiger charge is -2.08. The fraction of sp³-hybridized carbons (Fsp3) is 0.118. The van der Waals surface area contributed by atoms with Gasteiger partial charge in [-0.2, -0.15) is 0 Å². The number of hydrogen-bond acceptors (Lipinski definition) is 2. The maximum absolute atomic E-state index is 12.1. The number of carbonyl (C=O) groups excluding carboxylic acids is 1. The Morgan fingerprint density at radius 2 is 1.86 bits per heavy atom. The molecule has 108 valence electrons. The van der Waals surface area contributed by atoms with Gasteiger partial charge >= 0.3 is 0 Å². The lowest BCUT2D eigenvalue weighted by Crippen LogP contribution is -2.01. The normalized spacial score (nSPS) is 11.3. The maximum Gasteiger partial charge on any atom is 0.187 e. The molecule has 0 saturated heterocycles. The van der Waals surface area contributed by atoms with Crippen LogP contribution in [0.1, 0.15) is 22.8 Å². The van der Waals surface area contributed by atoms with Crippen LogP contribution in [0.2, 0.25) is 5.02 Å². The Kier molecular flexibility index (Phi) is 5.21. The van der Waals surface area contributed by atoms with E-state index >= 15 is 0 Å². The Bertz CT molecular complexity index is 692. The van der Waals surface area contributed by atoms with Crippen molar-refractivity contribution in [1.29, 1.82) is 0 Å². The number of ketones is 1. The van der Waals surface area contributed by atoms with Crippen molar-refractivity contribution in [2.24, 2.45) is 0 Å². The number of anilines is 1. The Hall–Kier alpha value is -1.58. The Balaban J connectivity index is 2.11. The maximum atomic E-state index is 12.1. The van der Waals surface area contributed by atoms with Crippen molar-refractivity contribution in [3.63, 3.8) is 0 Å². The van der Waals surface area contributed by atoms with Gasteiger partial charge in [-0.15, -0.1) is 0 Å². The minimum atomic E-state index is -0.0505. The van der Waals surface area contributed by atoms with Crippen LogP contribution in [-0.4, -0.2) is 5.78 Å². The lowest BCUT2D eigenvalue weighted by molar-refractivity contribution is 0.104. The van der Waals surface area contributed by atoms with Gasteiger partial charge in [0.2, 0.25) is 0 Å². The summed E-state index contributed by atoms with van der Waals surface area (Å²) in [5, 5.41) is 3.84. The summed E-state index contributed by atoms with van der Waals surface area (Å²) < 4.78 is 1.06. The van der Waals surface area contributed by atoms with Crippen LogP contribution in [0.3, 0.4) is 0 Å². The number of nitrogens with one attached hydrogen (secondary N) is 1. The lowest BCUT2D eigenvalue weighted by atomic mass is 10.1. The van der Waals surface area contributed by atoms with Crippen LogP contribution in [-0.2, 0) is 0 Å². The molecule has 4 heteroatoms. The van der Waals surface area contributed by atoms with Crippen molar-refractivity contribution in [1.82, 2.24) is 0 Å². The minimum Gasteiger partial charge on any atom is -0.359 e. The van der Waals surface area contributed by atoms with E-state index in [1.165, 1.54) is 0 Å². The molecule has 21 heavy (non-hydrogen) atoms. The largest absolute Gasteiger partial charge is 0.359 e. The summed E-state index contributed by atoms with van der Waals surface area (Å²) in [4.78, 5) is 12.1. The van der Waals surface area contributed by atoms with Gasteiger partial charge in [0.05, 0.1) is 0 Å². The predicted octanol–water partition coefficient (Wildman–Crippen LogP) is 5.61. The SMILES string of the molecule is C/C(=C\C(=O)c1ccc(Cl)cc1)Nc1ccc(Br)c(C)c1. The third kappa shape index (κ3) is 4.45. The number of hydrogen-bond donors (Lipinski definition) is 1. The second kappa shape index (κ2) is 6.92. The van der Waals surface area contributed by atoms with Gasteiger partial charge in [-0.1, -0.05) is 27.5 Å². The van der Waals surface area contributed by atoms with Crippen molar-refractivity contribution < 1.29 is 4.79 Å². The summed E-state index contributed by atoms with van der Waals surface area (Å²) >= 11 is 9.28. The molecule has 0 fully saturated rings. The highest BCUT2D eigenvalue weighted by molar-refractivity contribution is 9.10. The molecule has 2 aromatic rings. The molecule has 0 unspecified atom stereocenters. The smallest absolute Gasteiger partial charge is 0.187 e. The zero-order valence-electron chi connectivity index (χ0n) is 11.8. The summed E-state index contributed by atoms with van der Waals surface area (Å²) in [5.41, 5.74) is 3.49. The van der Waals surface area contributed by atoms with Crippen molar-refractivity contribution >= 4 is 39.0 Å². The molecule has 0 aliphatic carbocycles. The van der Waals surface area contributed by atoms with Gasteiger partial charge < -0.3 is 5.32 Å². The van der Waals surface area contributed by atoms with Gasteiger partial charge in [-0.3, -0.25) is 4.79 Å². The fourth-order valence-electron chi connectivity index (χ4n) is 1.88. The molecular formula is C17H15BrClNO.